The highest BCUT2D eigenvalue weighted by Crippen LogP contribution is 2.32. The Hall–Kier alpha value is -1.74. The zero-order valence-electron chi connectivity index (χ0n) is 19.0. The number of aryl methyl sites for hydroxylation is 1. The predicted octanol–water partition coefficient (Wildman–Crippen LogP) is 8.77. The molecule has 0 aliphatic heterocycles. The Morgan fingerprint density at radius 1 is 0.793 bits per heavy atom. The van der Waals surface area contributed by atoms with Crippen LogP contribution in [0.4, 0.5) is 0 Å². The van der Waals surface area contributed by atoms with Crippen LogP contribution in [0.1, 0.15) is 102 Å². The highest BCUT2D eigenvalue weighted by molar-refractivity contribution is 5.53. The molecule has 0 spiro atoms. The molecule has 0 heterocycles. The van der Waals surface area contributed by atoms with Crippen LogP contribution in [0.2, 0.25) is 0 Å². The van der Waals surface area contributed by atoms with Crippen LogP contribution in [0.15, 0.2) is 42.5 Å². The van der Waals surface area contributed by atoms with Gasteiger partial charge in [0.15, 0.2) is 0 Å². The molecule has 2 rings (SSSR count). The van der Waals surface area contributed by atoms with Gasteiger partial charge in [0, 0.05) is 0 Å². The molecule has 1 aliphatic carbocycles. The molecule has 0 N–H and O–H groups in total. The Morgan fingerprint density at radius 3 is 2.21 bits per heavy atom. The molecule has 0 aromatic heterocycles. The second-order valence-corrected chi connectivity index (χ2v) is 8.81. The molecule has 1 fully saturated rings. The van der Waals surface area contributed by atoms with Gasteiger partial charge in [-0.05, 0) is 79.7 Å². The van der Waals surface area contributed by atoms with Crippen molar-refractivity contribution in [3.63, 3.8) is 0 Å². The largest absolute Gasteiger partial charge is 0.0730 e. The van der Waals surface area contributed by atoms with Crippen molar-refractivity contribution in [3.8, 4) is 11.8 Å². The zero-order chi connectivity index (χ0) is 20.6. The van der Waals surface area contributed by atoms with E-state index >= 15 is 0 Å². The van der Waals surface area contributed by atoms with Crippen molar-refractivity contribution in [1.82, 2.24) is 0 Å². The lowest BCUT2D eigenvalue weighted by Gasteiger charge is -2.26. The van der Waals surface area contributed by atoms with E-state index in [1.54, 1.807) is 0 Å². The third-order valence-electron chi connectivity index (χ3n) is 6.30. The standard InChI is InChI=1S/C29H42/c1-3-5-7-8-11-15-27-22-24-29(25-23-27)17-13-10-9-12-16-28-20-18-26(19-21-28)14-6-4-2/h12-13,16-21,27,29H,3-8,11,14-15,22-25H2,1-2H3/b16-12+,17-13+. The quantitative estimate of drug-likeness (QED) is 0.261. The molecule has 1 aromatic carbocycles. The van der Waals surface area contributed by atoms with E-state index in [0.717, 1.165) is 11.8 Å². The van der Waals surface area contributed by atoms with Gasteiger partial charge in [0.25, 0.3) is 0 Å². The molecule has 0 bridgehead atoms. The van der Waals surface area contributed by atoms with Gasteiger partial charge in [-0.2, -0.15) is 0 Å². The lowest BCUT2D eigenvalue weighted by molar-refractivity contribution is 0.288. The summed E-state index contributed by atoms with van der Waals surface area (Å²) in [4.78, 5) is 0. The lowest BCUT2D eigenvalue weighted by Crippen LogP contribution is -2.12. The average Bonchev–Trinajstić information content (AvgIpc) is 2.76. The first-order valence-electron chi connectivity index (χ1n) is 12.2. The normalized spacial score (nSPS) is 19.5. The Balaban J connectivity index is 1.62. The summed E-state index contributed by atoms with van der Waals surface area (Å²) in [5.74, 6) is 8.09. The fourth-order valence-corrected chi connectivity index (χ4v) is 4.30. The van der Waals surface area contributed by atoms with Gasteiger partial charge in [-0.15, -0.1) is 0 Å². The van der Waals surface area contributed by atoms with Gasteiger partial charge in [0.2, 0.25) is 0 Å². The van der Waals surface area contributed by atoms with Crippen LogP contribution in [0.5, 0.6) is 0 Å². The van der Waals surface area contributed by atoms with E-state index in [1.165, 1.54) is 94.6 Å². The van der Waals surface area contributed by atoms with E-state index in [4.69, 9.17) is 0 Å². The molecule has 1 saturated carbocycles. The fraction of sp³-hybridized carbons (Fsp3) is 0.586. The van der Waals surface area contributed by atoms with E-state index in [2.05, 4.69) is 68.2 Å². The minimum Gasteiger partial charge on any atom is -0.0730 e. The van der Waals surface area contributed by atoms with Crippen molar-refractivity contribution in [3.05, 3.63) is 53.6 Å². The molecule has 0 nitrogen and oxygen atoms in total. The molecule has 1 aliphatic rings. The maximum Gasteiger partial charge on any atom is -0.0109 e. The van der Waals surface area contributed by atoms with Crippen LogP contribution in [-0.4, -0.2) is 0 Å². The van der Waals surface area contributed by atoms with Crippen LogP contribution in [0.25, 0.3) is 6.08 Å². The number of rotatable bonds is 11. The van der Waals surface area contributed by atoms with E-state index < -0.39 is 0 Å². The first-order chi connectivity index (χ1) is 14.3. The maximum absolute atomic E-state index is 3.19. The van der Waals surface area contributed by atoms with Gasteiger partial charge < -0.3 is 0 Å². The number of unbranched alkanes of at least 4 members (excludes halogenated alkanes) is 5. The smallest absolute Gasteiger partial charge is 0.0109 e. The SMILES string of the molecule is CCCCCCCC1CCC(/C=C/C#C/C=C/c2ccc(CCCC)cc2)CC1. The monoisotopic (exact) mass is 390 g/mol. The average molecular weight is 391 g/mol. The molecule has 0 amide bonds. The number of hydrogen-bond donors (Lipinski definition) is 0. The van der Waals surface area contributed by atoms with Gasteiger partial charge in [-0.3, -0.25) is 0 Å². The summed E-state index contributed by atoms with van der Waals surface area (Å²) in [5.41, 5.74) is 2.67. The van der Waals surface area contributed by atoms with Gasteiger partial charge in [-0.1, -0.05) is 101 Å². The third kappa shape index (κ3) is 10.6. The minimum absolute atomic E-state index is 0.750. The Bertz CT molecular complexity index is 642. The lowest BCUT2D eigenvalue weighted by atomic mass is 9.79. The van der Waals surface area contributed by atoms with Gasteiger partial charge in [-0.25, -0.2) is 0 Å². The van der Waals surface area contributed by atoms with Crippen LogP contribution >= 0.6 is 0 Å². The van der Waals surface area contributed by atoms with Crippen LogP contribution in [0.3, 0.4) is 0 Å². The van der Waals surface area contributed by atoms with Crippen LogP contribution in [0, 0.1) is 23.7 Å². The first kappa shape index (κ1) is 23.5. The fourth-order valence-electron chi connectivity index (χ4n) is 4.30. The molecule has 158 valence electrons. The Kier molecular flexibility index (Phi) is 12.3. The van der Waals surface area contributed by atoms with Crippen molar-refractivity contribution < 1.29 is 0 Å². The molecular weight excluding hydrogens is 348 g/mol. The Morgan fingerprint density at radius 2 is 1.48 bits per heavy atom. The summed E-state index contributed by atoms with van der Waals surface area (Å²) in [7, 11) is 0. The van der Waals surface area contributed by atoms with Crippen molar-refractivity contribution in [2.45, 2.75) is 97.3 Å². The number of allylic oxidation sites excluding steroid dienone is 3. The first-order valence-corrected chi connectivity index (χ1v) is 12.2. The van der Waals surface area contributed by atoms with E-state index in [-0.39, 0.29) is 0 Å². The van der Waals surface area contributed by atoms with E-state index in [0.29, 0.717) is 0 Å². The second-order valence-electron chi connectivity index (χ2n) is 8.81. The molecular formula is C29H42. The molecule has 29 heavy (non-hydrogen) atoms. The summed E-state index contributed by atoms with van der Waals surface area (Å²) < 4.78 is 0. The van der Waals surface area contributed by atoms with Crippen molar-refractivity contribution in [2.75, 3.05) is 0 Å². The predicted molar refractivity (Wildman–Crippen MR) is 130 cm³/mol. The second kappa shape index (κ2) is 15.1. The van der Waals surface area contributed by atoms with Crippen molar-refractivity contribution >= 4 is 6.08 Å². The zero-order valence-corrected chi connectivity index (χ0v) is 19.0. The Labute approximate surface area is 180 Å². The highest BCUT2D eigenvalue weighted by atomic mass is 14.2. The summed E-state index contributed by atoms with van der Waals surface area (Å²) >= 11 is 0. The molecule has 0 saturated heterocycles. The molecule has 0 heteroatoms. The summed E-state index contributed by atoms with van der Waals surface area (Å²) in [6, 6.07) is 8.87. The maximum atomic E-state index is 3.19. The third-order valence-corrected chi connectivity index (χ3v) is 6.30. The van der Waals surface area contributed by atoms with Crippen molar-refractivity contribution in [2.24, 2.45) is 11.8 Å². The minimum atomic E-state index is 0.750. The van der Waals surface area contributed by atoms with E-state index in [9.17, 15) is 0 Å². The molecule has 0 unspecified atom stereocenters. The summed E-state index contributed by atoms with van der Waals surface area (Å²) in [6.45, 7) is 4.54. The molecule has 1 aromatic rings. The highest BCUT2D eigenvalue weighted by Gasteiger charge is 2.18. The van der Waals surface area contributed by atoms with Gasteiger partial charge in [0.1, 0.15) is 0 Å². The topological polar surface area (TPSA) is 0 Å². The van der Waals surface area contributed by atoms with Gasteiger partial charge >= 0.3 is 0 Å². The van der Waals surface area contributed by atoms with Gasteiger partial charge in [0.05, 0.1) is 0 Å². The summed E-state index contributed by atoms with van der Waals surface area (Å²) in [5, 5.41) is 0. The van der Waals surface area contributed by atoms with Crippen molar-refractivity contribution in [1.29, 1.82) is 0 Å². The van der Waals surface area contributed by atoms with Crippen LogP contribution in [-0.2, 0) is 6.42 Å². The summed E-state index contributed by atoms with van der Waals surface area (Å²) in [6.07, 6.45) is 26.3. The number of hydrogen-bond acceptors (Lipinski definition) is 0. The molecule has 0 atom stereocenters. The van der Waals surface area contributed by atoms with E-state index in [1.807, 2.05) is 6.08 Å². The molecule has 0 radical (unpaired) electrons. The van der Waals surface area contributed by atoms with Crippen LogP contribution < -0.4 is 0 Å². The number of benzene rings is 1.